The third-order valence-corrected chi connectivity index (χ3v) is 8.16. The zero-order chi connectivity index (χ0) is 27.9. The first-order chi connectivity index (χ1) is 18.0. The lowest BCUT2D eigenvalue weighted by Crippen LogP contribution is -2.51. The summed E-state index contributed by atoms with van der Waals surface area (Å²) in [4.78, 5) is 28.0. The van der Waals surface area contributed by atoms with Crippen LogP contribution in [-0.4, -0.2) is 44.3 Å². The van der Waals surface area contributed by atoms with Gasteiger partial charge in [0.25, 0.3) is 10.0 Å². The van der Waals surface area contributed by atoms with Crippen molar-refractivity contribution in [3.05, 3.63) is 93.4 Å². The van der Waals surface area contributed by atoms with Gasteiger partial charge in [-0.2, -0.15) is 0 Å². The van der Waals surface area contributed by atoms with Gasteiger partial charge in [-0.3, -0.25) is 13.9 Å². The summed E-state index contributed by atoms with van der Waals surface area (Å²) >= 11 is 18.5. The summed E-state index contributed by atoms with van der Waals surface area (Å²) in [7, 11) is -4.21. The number of benzene rings is 3. The van der Waals surface area contributed by atoms with Gasteiger partial charge in [-0.05, 0) is 61.4 Å². The lowest BCUT2D eigenvalue weighted by atomic mass is 10.1. The highest BCUT2D eigenvalue weighted by molar-refractivity contribution is 7.92. The first-order valence-corrected chi connectivity index (χ1v) is 14.5. The molecule has 2 amide bonds. The lowest BCUT2D eigenvalue weighted by molar-refractivity contribution is -0.139. The van der Waals surface area contributed by atoms with Crippen LogP contribution in [0.25, 0.3) is 0 Å². The average molecular weight is 597 g/mol. The molecule has 0 aromatic heterocycles. The summed E-state index contributed by atoms with van der Waals surface area (Å²) in [6, 6.07) is 18.0. The van der Waals surface area contributed by atoms with Crippen molar-refractivity contribution in [2.75, 3.05) is 17.4 Å². The normalized spacial score (nSPS) is 12.0. The van der Waals surface area contributed by atoms with Gasteiger partial charge in [0.2, 0.25) is 11.8 Å². The van der Waals surface area contributed by atoms with Crippen molar-refractivity contribution in [1.29, 1.82) is 0 Å². The Labute approximate surface area is 238 Å². The molecule has 38 heavy (non-hydrogen) atoms. The number of anilines is 1. The van der Waals surface area contributed by atoms with Gasteiger partial charge in [0.1, 0.15) is 12.6 Å². The van der Waals surface area contributed by atoms with E-state index in [2.05, 4.69) is 5.32 Å². The first kappa shape index (κ1) is 29.8. The standard InChI is InChI=1S/C27H28Cl3N3O4S/c1-3-12-31-27(35)19(2)32(17-20-8-7-9-21(28)13-20)26(34)18-33(24-15-22(29)14-23(30)16-24)38(36,37)25-10-5-4-6-11-25/h4-11,13-16,19H,3,12,17-18H2,1-2H3,(H,31,35)/t19-/m1/s1. The highest BCUT2D eigenvalue weighted by atomic mass is 35.5. The van der Waals surface area contributed by atoms with Gasteiger partial charge in [-0.1, -0.05) is 72.1 Å². The van der Waals surface area contributed by atoms with Crippen molar-refractivity contribution >= 4 is 62.3 Å². The van der Waals surface area contributed by atoms with Gasteiger partial charge < -0.3 is 10.2 Å². The van der Waals surface area contributed by atoms with E-state index in [0.717, 1.165) is 10.7 Å². The highest BCUT2D eigenvalue weighted by Gasteiger charge is 2.32. The van der Waals surface area contributed by atoms with Crippen LogP contribution in [0.15, 0.2) is 77.7 Å². The number of nitrogens with zero attached hydrogens (tertiary/aromatic N) is 2. The monoisotopic (exact) mass is 595 g/mol. The molecule has 0 unspecified atom stereocenters. The summed E-state index contributed by atoms with van der Waals surface area (Å²) in [5, 5.41) is 3.68. The second-order valence-electron chi connectivity index (χ2n) is 8.57. The van der Waals surface area contributed by atoms with Gasteiger partial charge in [0.15, 0.2) is 0 Å². The number of rotatable bonds is 11. The Hall–Kier alpha value is -2.78. The number of amides is 2. The smallest absolute Gasteiger partial charge is 0.264 e. The number of hydrogen-bond acceptors (Lipinski definition) is 4. The highest BCUT2D eigenvalue weighted by Crippen LogP contribution is 2.30. The summed E-state index contributed by atoms with van der Waals surface area (Å²) in [5.41, 5.74) is 0.801. The van der Waals surface area contributed by atoms with Crippen LogP contribution in [0.2, 0.25) is 15.1 Å². The van der Waals surface area contributed by atoms with Crippen LogP contribution in [0.1, 0.15) is 25.8 Å². The fraction of sp³-hybridized carbons (Fsp3) is 0.259. The number of halogens is 3. The number of sulfonamides is 1. The maximum atomic E-state index is 13.8. The second kappa shape index (κ2) is 13.3. The average Bonchev–Trinajstić information content (AvgIpc) is 2.88. The molecule has 0 heterocycles. The van der Waals surface area contributed by atoms with E-state index in [-0.39, 0.29) is 33.1 Å². The second-order valence-corrected chi connectivity index (χ2v) is 11.7. The first-order valence-electron chi connectivity index (χ1n) is 11.9. The zero-order valence-electron chi connectivity index (χ0n) is 20.9. The van der Waals surface area contributed by atoms with Crippen molar-refractivity contribution < 1.29 is 18.0 Å². The fourth-order valence-corrected chi connectivity index (χ4v) is 5.89. The fourth-order valence-electron chi connectivity index (χ4n) is 3.74. The molecule has 0 spiro atoms. The summed E-state index contributed by atoms with van der Waals surface area (Å²) < 4.78 is 28.4. The van der Waals surface area contributed by atoms with Crippen LogP contribution >= 0.6 is 34.8 Å². The van der Waals surface area contributed by atoms with Gasteiger partial charge in [0, 0.05) is 28.2 Å². The molecule has 0 aliphatic heterocycles. The third-order valence-electron chi connectivity index (χ3n) is 5.70. The molecule has 0 aliphatic rings. The number of carbonyl (C=O) groups excluding carboxylic acids is 2. The van der Waals surface area contributed by atoms with E-state index in [1.165, 1.54) is 35.2 Å². The van der Waals surface area contributed by atoms with Crippen LogP contribution in [-0.2, 0) is 26.2 Å². The number of hydrogen-bond donors (Lipinski definition) is 1. The predicted molar refractivity (Wildman–Crippen MR) is 152 cm³/mol. The molecular formula is C27H28Cl3N3O4S. The molecule has 0 saturated carbocycles. The summed E-state index contributed by atoms with van der Waals surface area (Å²) in [6.45, 7) is 3.40. The van der Waals surface area contributed by atoms with Crippen LogP contribution in [0.5, 0.6) is 0 Å². The molecule has 3 aromatic rings. The van der Waals surface area contributed by atoms with Gasteiger partial charge in [0.05, 0.1) is 10.6 Å². The van der Waals surface area contributed by atoms with Crippen LogP contribution in [0, 0.1) is 0 Å². The topological polar surface area (TPSA) is 86.8 Å². The molecule has 0 radical (unpaired) electrons. The molecule has 0 saturated heterocycles. The molecule has 11 heteroatoms. The Bertz CT molecular complexity index is 1370. The van der Waals surface area contributed by atoms with E-state index in [1.54, 1.807) is 49.4 Å². The van der Waals surface area contributed by atoms with E-state index in [0.29, 0.717) is 17.1 Å². The summed E-state index contributed by atoms with van der Waals surface area (Å²) in [5.74, 6) is -0.953. The Morgan fingerprint density at radius 2 is 1.55 bits per heavy atom. The summed E-state index contributed by atoms with van der Waals surface area (Å²) in [6.07, 6.45) is 0.722. The SMILES string of the molecule is CCCNC(=O)[C@@H](C)N(Cc1cccc(Cl)c1)C(=O)CN(c1cc(Cl)cc(Cl)c1)S(=O)(=O)c1ccccc1. The molecule has 7 nitrogen and oxygen atoms in total. The predicted octanol–water partition coefficient (Wildman–Crippen LogP) is 5.79. The van der Waals surface area contributed by atoms with Crippen molar-refractivity contribution in [3.63, 3.8) is 0 Å². The minimum atomic E-state index is -4.21. The zero-order valence-corrected chi connectivity index (χ0v) is 24.0. The van der Waals surface area contributed by atoms with E-state index < -0.39 is 28.5 Å². The third kappa shape index (κ3) is 7.63. The van der Waals surface area contributed by atoms with E-state index in [1.807, 2.05) is 6.92 Å². The minimum Gasteiger partial charge on any atom is -0.354 e. The van der Waals surface area contributed by atoms with Crippen molar-refractivity contribution in [2.24, 2.45) is 0 Å². The quantitative estimate of drug-likeness (QED) is 0.304. The van der Waals surface area contributed by atoms with Crippen LogP contribution in [0.4, 0.5) is 5.69 Å². The van der Waals surface area contributed by atoms with E-state index >= 15 is 0 Å². The lowest BCUT2D eigenvalue weighted by Gasteiger charge is -2.32. The van der Waals surface area contributed by atoms with Crippen molar-refractivity contribution in [2.45, 2.75) is 37.8 Å². The van der Waals surface area contributed by atoms with E-state index in [9.17, 15) is 18.0 Å². The Balaban J connectivity index is 2.04. The maximum absolute atomic E-state index is 13.8. The van der Waals surface area contributed by atoms with Gasteiger partial charge in [-0.25, -0.2) is 8.42 Å². The minimum absolute atomic E-state index is 0.0148. The molecule has 0 aliphatic carbocycles. The Kier molecular flexibility index (Phi) is 10.4. The molecule has 202 valence electrons. The van der Waals surface area contributed by atoms with Crippen LogP contribution < -0.4 is 9.62 Å². The van der Waals surface area contributed by atoms with Crippen molar-refractivity contribution in [1.82, 2.24) is 10.2 Å². The van der Waals surface area contributed by atoms with E-state index in [4.69, 9.17) is 34.8 Å². The molecule has 1 atom stereocenters. The number of carbonyl (C=O) groups is 2. The largest absolute Gasteiger partial charge is 0.354 e. The molecule has 3 aromatic carbocycles. The van der Waals surface area contributed by atoms with Gasteiger partial charge >= 0.3 is 0 Å². The molecular weight excluding hydrogens is 569 g/mol. The van der Waals surface area contributed by atoms with Gasteiger partial charge in [-0.15, -0.1) is 0 Å². The van der Waals surface area contributed by atoms with Crippen LogP contribution in [0.3, 0.4) is 0 Å². The molecule has 1 N–H and O–H groups in total. The maximum Gasteiger partial charge on any atom is 0.264 e. The Morgan fingerprint density at radius 1 is 0.895 bits per heavy atom. The Morgan fingerprint density at radius 3 is 2.16 bits per heavy atom. The van der Waals surface area contributed by atoms with Crippen molar-refractivity contribution in [3.8, 4) is 0 Å². The number of nitrogens with one attached hydrogen (secondary N) is 1. The molecule has 0 fully saturated rings. The molecule has 0 bridgehead atoms. The molecule has 3 rings (SSSR count).